The molecule has 0 saturated heterocycles. The molecular weight excluding hydrogens is 235 g/mol. The van der Waals surface area contributed by atoms with Gasteiger partial charge in [0, 0.05) is 30.8 Å². The molecule has 1 unspecified atom stereocenters. The Kier molecular flexibility index (Phi) is 5.74. The first-order chi connectivity index (χ1) is 8.58. The molecule has 0 aromatic heterocycles. The number of carbonyl (C=O) groups is 1. The second-order valence-corrected chi connectivity index (χ2v) is 4.11. The van der Waals surface area contributed by atoms with Crippen LogP contribution in [-0.2, 0) is 11.3 Å². The minimum absolute atomic E-state index is 0.181. The standard InChI is InChI=1S/C13H19FN2O2/c1-3-11(8-18-2)16-7-10-5-4-9(13(15)17)6-12(10)14/h4-6,11,16H,3,7-8H2,1-2H3,(H2,15,17). The van der Waals surface area contributed by atoms with Crippen molar-refractivity contribution in [3.8, 4) is 0 Å². The number of halogens is 1. The summed E-state index contributed by atoms with van der Waals surface area (Å²) in [6, 6.07) is 4.45. The Hall–Kier alpha value is -1.46. The highest BCUT2D eigenvalue weighted by molar-refractivity contribution is 5.92. The van der Waals surface area contributed by atoms with Crippen LogP contribution in [-0.4, -0.2) is 25.7 Å². The lowest BCUT2D eigenvalue weighted by Gasteiger charge is -2.16. The summed E-state index contributed by atoms with van der Waals surface area (Å²) in [5.74, 6) is -1.05. The number of hydrogen-bond acceptors (Lipinski definition) is 3. The van der Waals surface area contributed by atoms with Gasteiger partial charge in [0.1, 0.15) is 5.82 Å². The summed E-state index contributed by atoms with van der Waals surface area (Å²) in [6.45, 7) is 3.01. The van der Waals surface area contributed by atoms with Crippen LogP contribution >= 0.6 is 0 Å². The van der Waals surface area contributed by atoms with Gasteiger partial charge in [0.15, 0.2) is 0 Å². The van der Waals surface area contributed by atoms with Gasteiger partial charge in [-0.2, -0.15) is 0 Å². The maximum absolute atomic E-state index is 13.7. The first-order valence-corrected chi connectivity index (χ1v) is 5.89. The third kappa shape index (κ3) is 4.09. The van der Waals surface area contributed by atoms with Crippen molar-refractivity contribution in [3.05, 3.63) is 35.1 Å². The van der Waals surface area contributed by atoms with E-state index in [0.717, 1.165) is 12.5 Å². The Bertz CT molecular complexity index is 410. The zero-order valence-corrected chi connectivity index (χ0v) is 10.7. The SMILES string of the molecule is CCC(COC)NCc1ccc(C(N)=O)cc1F. The van der Waals surface area contributed by atoms with Crippen molar-refractivity contribution in [3.63, 3.8) is 0 Å². The fraction of sp³-hybridized carbons (Fsp3) is 0.462. The molecule has 0 fully saturated rings. The average molecular weight is 254 g/mol. The van der Waals surface area contributed by atoms with E-state index in [1.165, 1.54) is 6.07 Å². The van der Waals surface area contributed by atoms with Crippen molar-refractivity contribution in [1.82, 2.24) is 5.32 Å². The Balaban J connectivity index is 2.65. The Labute approximate surface area is 106 Å². The second-order valence-electron chi connectivity index (χ2n) is 4.11. The van der Waals surface area contributed by atoms with Crippen LogP contribution in [0.25, 0.3) is 0 Å². The van der Waals surface area contributed by atoms with E-state index in [0.29, 0.717) is 18.7 Å². The number of benzene rings is 1. The Morgan fingerprint density at radius 1 is 1.56 bits per heavy atom. The molecule has 4 nitrogen and oxygen atoms in total. The number of rotatable bonds is 7. The van der Waals surface area contributed by atoms with E-state index in [2.05, 4.69) is 5.32 Å². The zero-order valence-electron chi connectivity index (χ0n) is 10.7. The summed E-state index contributed by atoms with van der Waals surface area (Å²) in [4.78, 5) is 10.9. The van der Waals surface area contributed by atoms with Crippen LogP contribution in [0.4, 0.5) is 4.39 Å². The van der Waals surface area contributed by atoms with Gasteiger partial charge < -0.3 is 15.8 Å². The van der Waals surface area contributed by atoms with Crippen LogP contribution < -0.4 is 11.1 Å². The van der Waals surface area contributed by atoms with Gasteiger partial charge >= 0.3 is 0 Å². The van der Waals surface area contributed by atoms with E-state index in [4.69, 9.17) is 10.5 Å². The molecule has 0 saturated carbocycles. The van der Waals surface area contributed by atoms with Crippen LogP contribution in [0, 0.1) is 5.82 Å². The molecule has 1 aromatic carbocycles. The number of primary amides is 1. The number of ether oxygens (including phenoxy) is 1. The van der Waals surface area contributed by atoms with Gasteiger partial charge in [-0.25, -0.2) is 4.39 Å². The maximum Gasteiger partial charge on any atom is 0.248 e. The minimum Gasteiger partial charge on any atom is -0.383 e. The molecule has 100 valence electrons. The van der Waals surface area contributed by atoms with Gasteiger partial charge in [-0.3, -0.25) is 4.79 Å². The smallest absolute Gasteiger partial charge is 0.248 e. The molecule has 1 amide bonds. The summed E-state index contributed by atoms with van der Waals surface area (Å²) < 4.78 is 18.7. The topological polar surface area (TPSA) is 64.3 Å². The lowest BCUT2D eigenvalue weighted by Crippen LogP contribution is -2.32. The van der Waals surface area contributed by atoms with Crippen LogP contribution in [0.5, 0.6) is 0 Å². The van der Waals surface area contributed by atoms with Gasteiger partial charge in [-0.1, -0.05) is 13.0 Å². The molecule has 0 aliphatic heterocycles. The maximum atomic E-state index is 13.7. The van der Waals surface area contributed by atoms with Gasteiger partial charge in [0.2, 0.25) is 5.91 Å². The molecule has 0 spiro atoms. The molecule has 5 heteroatoms. The molecule has 0 heterocycles. The fourth-order valence-corrected chi connectivity index (χ4v) is 1.62. The van der Waals surface area contributed by atoms with E-state index in [1.807, 2.05) is 6.92 Å². The van der Waals surface area contributed by atoms with Crippen molar-refractivity contribution in [2.45, 2.75) is 25.9 Å². The third-order valence-electron chi connectivity index (χ3n) is 2.78. The van der Waals surface area contributed by atoms with E-state index < -0.39 is 11.7 Å². The predicted octanol–water partition coefficient (Wildman–Crippen LogP) is 1.44. The number of methoxy groups -OCH3 is 1. The van der Waals surface area contributed by atoms with Crippen molar-refractivity contribution in [2.75, 3.05) is 13.7 Å². The monoisotopic (exact) mass is 254 g/mol. The lowest BCUT2D eigenvalue weighted by molar-refractivity contribution is 0.1000. The molecule has 1 aromatic rings. The van der Waals surface area contributed by atoms with Gasteiger partial charge in [0.05, 0.1) is 6.61 Å². The Morgan fingerprint density at radius 3 is 2.78 bits per heavy atom. The first-order valence-electron chi connectivity index (χ1n) is 5.89. The molecular formula is C13H19FN2O2. The average Bonchev–Trinajstić information content (AvgIpc) is 2.35. The van der Waals surface area contributed by atoms with Crippen LogP contribution in [0.2, 0.25) is 0 Å². The predicted molar refractivity (Wildman–Crippen MR) is 67.7 cm³/mol. The third-order valence-corrected chi connectivity index (χ3v) is 2.78. The molecule has 0 bridgehead atoms. The summed E-state index contributed by atoms with van der Waals surface area (Å²) in [6.07, 6.45) is 0.898. The quantitative estimate of drug-likeness (QED) is 0.774. The van der Waals surface area contributed by atoms with E-state index in [-0.39, 0.29) is 11.6 Å². The van der Waals surface area contributed by atoms with Crippen LogP contribution in [0.3, 0.4) is 0 Å². The molecule has 1 rings (SSSR count). The molecule has 18 heavy (non-hydrogen) atoms. The Morgan fingerprint density at radius 2 is 2.28 bits per heavy atom. The second kappa shape index (κ2) is 7.08. The number of nitrogens with two attached hydrogens (primary N) is 1. The molecule has 3 N–H and O–H groups in total. The van der Waals surface area contributed by atoms with Gasteiger partial charge in [-0.05, 0) is 18.6 Å². The summed E-state index contributed by atoms with van der Waals surface area (Å²) in [5, 5.41) is 3.19. The molecule has 0 aliphatic carbocycles. The molecule has 0 aliphatic rings. The van der Waals surface area contributed by atoms with Crippen LogP contribution in [0.15, 0.2) is 18.2 Å². The summed E-state index contributed by atoms with van der Waals surface area (Å²) >= 11 is 0. The summed E-state index contributed by atoms with van der Waals surface area (Å²) in [5.41, 5.74) is 5.77. The lowest BCUT2D eigenvalue weighted by atomic mass is 10.1. The van der Waals surface area contributed by atoms with Gasteiger partial charge in [-0.15, -0.1) is 0 Å². The minimum atomic E-state index is -0.626. The van der Waals surface area contributed by atoms with E-state index in [9.17, 15) is 9.18 Å². The molecule has 1 atom stereocenters. The number of nitrogens with one attached hydrogen (secondary N) is 1. The van der Waals surface area contributed by atoms with Gasteiger partial charge in [0.25, 0.3) is 0 Å². The fourth-order valence-electron chi connectivity index (χ4n) is 1.62. The van der Waals surface area contributed by atoms with Crippen molar-refractivity contribution < 1.29 is 13.9 Å². The van der Waals surface area contributed by atoms with E-state index in [1.54, 1.807) is 13.2 Å². The number of carbonyl (C=O) groups excluding carboxylic acids is 1. The highest BCUT2D eigenvalue weighted by Crippen LogP contribution is 2.10. The normalized spacial score (nSPS) is 12.4. The van der Waals surface area contributed by atoms with Crippen molar-refractivity contribution in [2.24, 2.45) is 5.73 Å². The van der Waals surface area contributed by atoms with Crippen molar-refractivity contribution in [1.29, 1.82) is 0 Å². The van der Waals surface area contributed by atoms with E-state index >= 15 is 0 Å². The molecule has 0 radical (unpaired) electrons. The largest absolute Gasteiger partial charge is 0.383 e. The highest BCUT2D eigenvalue weighted by atomic mass is 19.1. The van der Waals surface area contributed by atoms with Crippen molar-refractivity contribution >= 4 is 5.91 Å². The highest BCUT2D eigenvalue weighted by Gasteiger charge is 2.09. The zero-order chi connectivity index (χ0) is 13.5. The number of hydrogen-bond donors (Lipinski definition) is 2. The van der Waals surface area contributed by atoms with Crippen LogP contribution in [0.1, 0.15) is 29.3 Å². The summed E-state index contributed by atoms with van der Waals surface area (Å²) in [7, 11) is 1.63. The first kappa shape index (κ1) is 14.6. The number of amides is 1.